The van der Waals surface area contributed by atoms with Crippen molar-refractivity contribution in [2.75, 3.05) is 6.61 Å². The highest BCUT2D eigenvalue weighted by molar-refractivity contribution is 5.82. The first-order chi connectivity index (χ1) is 17.2. The van der Waals surface area contributed by atoms with Gasteiger partial charge in [0.25, 0.3) is 0 Å². The summed E-state index contributed by atoms with van der Waals surface area (Å²) >= 11 is 0. The predicted octanol–water partition coefficient (Wildman–Crippen LogP) is 5.13. The van der Waals surface area contributed by atoms with Crippen molar-refractivity contribution in [2.24, 2.45) is 0 Å². The summed E-state index contributed by atoms with van der Waals surface area (Å²) in [6, 6.07) is 19.1. The van der Waals surface area contributed by atoms with Crippen molar-refractivity contribution in [3.05, 3.63) is 89.2 Å². The lowest BCUT2D eigenvalue weighted by molar-refractivity contribution is -0.157. The van der Waals surface area contributed by atoms with Gasteiger partial charge in [0.05, 0.1) is 5.56 Å². The van der Waals surface area contributed by atoms with Crippen molar-refractivity contribution in [1.29, 1.82) is 5.26 Å². The monoisotopic (exact) mass is 483 g/mol. The number of aryl methyl sites for hydroxylation is 1. The van der Waals surface area contributed by atoms with Gasteiger partial charge in [-0.3, -0.25) is 4.98 Å². The molecule has 0 unspecified atom stereocenters. The fourth-order valence-corrected chi connectivity index (χ4v) is 4.40. The van der Waals surface area contributed by atoms with Crippen LogP contribution >= 0.6 is 0 Å². The van der Waals surface area contributed by atoms with Crippen LogP contribution in [-0.4, -0.2) is 35.3 Å². The number of amides is 1. The van der Waals surface area contributed by atoms with E-state index >= 15 is 0 Å². The van der Waals surface area contributed by atoms with Crippen LogP contribution in [-0.2, 0) is 20.7 Å². The van der Waals surface area contributed by atoms with E-state index in [9.17, 15) is 9.59 Å². The minimum atomic E-state index is -0.911. The quantitative estimate of drug-likeness (QED) is 0.467. The first kappa shape index (κ1) is 24.9. The Morgan fingerprint density at radius 2 is 1.69 bits per heavy atom. The number of nitriles is 1. The SMILES string of the molecule is CC(C)(C)OC(=O)[C@H](CCc1cncc(C#N)c1)NC(=O)OCC1c2ccccc2-c2ccccc21. The average molecular weight is 484 g/mol. The van der Waals surface area contributed by atoms with Crippen molar-refractivity contribution in [3.8, 4) is 17.2 Å². The molecule has 36 heavy (non-hydrogen) atoms. The maximum Gasteiger partial charge on any atom is 0.407 e. The normalized spacial score (nSPS) is 13.2. The maximum absolute atomic E-state index is 12.9. The van der Waals surface area contributed by atoms with Crippen LogP contribution in [0.2, 0.25) is 0 Å². The van der Waals surface area contributed by atoms with Gasteiger partial charge in [0.1, 0.15) is 24.3 Å². The van der Waals surface area contributed by atoms with Crippen LogP contribution < -0.4 is 5.32 Å². The van der Waals surface area contributed by atoms with E-state index in [-0.39, 0.29) is 18.9 Å². The number of esters is 1. The average Bonchev–Trinajstić information content (AvgIpc) is 3.18. The van der Waals surface area contributed by atoms with Crippen molar-refractivity contribution in [2.45, 2.75) is 51.2 Å². The van der Waals surface area contributed by atoms with Crippen molar-refractivity contribution < 1.29 is 19.1 Å². The van der Waals surface area contributed by atoms with Crippen LogP contribution in [0.4, 0.5) is 4.79 Å². The minimum absolute atomic E-state index is 0.0806. The van der Waals surface area contributed by atoms with E-state index in [4.69, 9.17) is 14.7 Å². The number of hydrogen-bond donors (Lipinski definition) is 1. The molecule has 1 aromatic heterocycles. The molecular weight excluding hydrogens is 454 g/mol. The summed E-state index contributed by atoms with van der Waals surface area (Å²) in [6.07, 6.45) is 3.13. The largest absolute Gasteiger partial charge is 0.458 e. The Morgan fingerprint density at radius 1 is 1.06 bits per heavy atom. The molecule has 0 aliphatic heterocycles. The van der Waals surface area contributed by atoms with Gasteiger partial charge >= 0.3 is 12.1 Å². The fourth-order valence-electron chi connectivity index (χ4n) is 4.40. The second-order valence-electron chi connectivity index (χ2n) is 9.79. The van der Waals surface area contributed by atoms with E-state index in [1.54, 1.807) is 33.0 Å². The van der Waals surface area contributed by atoms with Crippen molar-refractivity contribution in [3.63, 3.8) is 0 Å². The number of nitrogens with one attached hydrogen (secondary N) is 1. The molecule has 0 saturated carbocycles. The molecule has 1 N–H and O–H groups in total. The molecule has 4 rings (SSSR count). The van der Waals surface area contributed by atoms with E-state index < -0.39 is 23.7 Å². The number of aromatic nitrogens is 1. The number of hydrogen-bond acceptors (Lipinski definition) is 6. The molecule has 0 radical (unpaired) electrons. The molecule has 0 spiro atoms. The third kappa shape index (κ3) is 5.89. The molecular formula is C29H29N3O4. The van der Waals surface area contributed by atoms with Gasteiger partial charge in [-0.25, -0.2) is 9.59 Å². The highest BCUT2D eigenvalue weighted by Crippen LogP contribution is 2.44. The lowest BCUT2D eigenvalue weighted by atomic mass is 9.98. The van der Waals surface area contributed by atoms with Gasteiger partial charge in [-0.1, -0.05) is 48.5 Å². The standard InChI is InChI=1S/C29H29N3O4/c1-29(2,3)36-27(33)26(13-12-19-14-20(15-30)17-31-16-19)32-28(34)35-18-25-23-10-6-4-8-21(23)22-9-5-7-11-24(22)25/h4-11,14,16-17,25-26H,12-13,18H2,1-3H3,(H,32,34)/t26-/m0/s1. The maximum atomic E-state index is 12.9. The third-order valence-electron chi connectivity index (χ3n) is 5.97. The smallest absolute Gasteiger partial charge is 0.407 e. The zero-order valence-electron chi connectivity index (χ0n) is 20.7. The van der Waals surface area contributed by atoms with Crippen LogP contribution in [0, 0.1) is 11.3 Å². The molecule has 0 saturated heterocycles. The van der Waals surface area contributed by atoms with Crippen LogP contribution in [0.3, 0.4) is 0 Å². The van der Waals surface area contributed by atoms with E-state index in [0.29, 0.717) is 12.0 Å². The second kappa shape index (κ2) is 10.6. The minimum Gasteiger partial charge on any atom is -0.458 e. The topological polar surface area (TPSA) is 101 Å². The molecule has 1 heterocycles. The van der Waals surface area contributed by atoms with Crippen LogP contribution in [0.1, 0.15) is 55.4 Å². The number of carbonyl (C=O) groups excluding carboxylic acids is 2. The Bertz CT molecular complexity index is 1260. The number of rotatable bonds is 7. The molecule has 3 aromatic rings. The number of pyridine rings is 1. The van der Waals surface area contributed by atoms with Crippen LogP contribution in [0.15, 0.2) is 67.0 Å². The zero-order valence-corrected chi connectivity index (χ0v) is 20.7. The lowest BCUT2D eigenvalue weighted by Crippen LogP contribution is -2.45. The van der Waals surface area contributed by atoms with Crippen LogP contribution in [0.25, 0.3) is 11.1 Å². The molecule has 1 amide bonds. The van der Waals surface area contributed by atoms with E-state index in [1.165, 1.54) is 6.20 Å². The number of alkyl carbamates (subject to hydrolysis) is 1. The van der Waals surface area contributed by atoms with Gasteiger partial charge < -0.3 is 14.8 Å². The van der Waals surface area contributed by atoms with Gasteiger partial charge in [-0.05, 0) is 67.5 Å². The van der Waals surface area contributed by atoms with Gasteiger partial charge in [-0.2, -0.15) is 5.26 Å². The molecule has 1 atom stereocenters. The number of fused-ring (bicyclic) bond motifs is 3. The number of benzene rings is 2. The molecule has 7 heteroatoms. The van der Waals surface area contributed by atoms with E-state index in [1.807, 2.05) is 36.4 Å². The molecule has 7 nitrogen and oxygen atoms in total. The Labute approximate surface area is 211 Å². The molecule has 1 aliphatic rings. The number of nitrogens with zero attached hydrogens (tertiary/aromatic N) is 2. The van der Waals surface area contributed by atoms with Gasteiger partial charge in [-0.15, -0.1) is 0 Å². The number of ether oxygens (including phenoxy) is 2. The predicted molar refractivity (Wildman–Crippen MR) is 135 cm³/mol. The highest BCUT2D eigenvalue weighted by Gasteiger charge is 2.31. The first-order valence-electron chi connectivity index (χ1n) is 11.9. The fraction of sp³-hybridized carbons (Fsp3) is 0.310. The van der Waals surface area contributed by atoms with Crippen molar-refractivity contribution >= 4 is 12.1 Å². The summed E-state index contributed by atoms with van der Waals surface area (Å²) < 4.78 is 11.2. The second-order valence-corrected chi connectivity index (χ2v) is 9.79. The van der Waals surface area contributed by atoms with Gasteiger partial charge in [0.15, 0.2) is 0 Å². The molecule has 184 valence electrons. The highest BCUT2D eigenvalue weighted by atomic mass is 16.6. The summed E-state index contributed by atoms with van der Waals surface area (Å²) in [5.74, 6) is -0.622. The summed E-state index contributed by atoms with van der Waals surface area (Å²) in [4.78, 5) is 29.7. The van der Waals surface area contributed by atoms with E-state index in [0.717, 1.165) is 27.8 Å². The van der Waals surface area contributed by atoms with Crippen molar-refractivity contribution in [1.82, 2.24) is 10.3 Å². The summed E-state index contributed by atoms with van der Waals surface area (Å²) in [7, 11) is 0. The molecule has 0 fully saturated rings. The molecule has 1 aliphatic carbocycles. The van der Waals surface area contributed by atoms with Gasteiger partial charge in [0.2, 0.25) is 0 Å². The first-order valence-corrected chi connectivity index (χ1v) is 11.9. The summed E-state index contributed by atoms with van der Waals surface area (Å²) in [5, 5.41) is 11.8. The van der Waals surface area contributed by atoms with E-state index in [2.05, 4.69) is 28.5 Å². The van der Waals surface area contributed by atoms with Gasteiger partial charge in [0, 0.05) is 18.3 Å². The zero-order chi connectivity index (χ0) is 25.7. The Kier molecular flexibility index (Phi) is 7.35. The lowest BCUT2D eigenvalue weighted by Gasteiger charge is -2.24. The Hall–Kier alpha value is -4.18. The summed E-state index contributed by atoms with van der Waals surface area (Å²) in [6.45, 7) is 5.47. The number of carbonyl (C=O) groups is 2. The van der Waals surface area contributed by atoms with Crippen LogP contribution in [0.5, 0.6) is 0 Å². The Balaban J connectivity index is 1.44. The molecule has 2 aromatic carbocycles. The third-order valence-corrected chi connectivity index (χ3v) is 5.97. The molecule has 0 bridgehead atoms. The summed E-state index contributed by atoms with van der Waals surface area (Å²) in [5.41, 5.74) is 5.02. The Morgan fingerprint density at radius 3 is 2.31 bits per heavy atom.